The van der Waals surface area contributed by atoms with E-state index in [0.717, 1.165) is 13.1 Å². The van der Waals surface area contributed by atoms with Crippen LogP contribution in [-0.4, -0.2) is 24.0 Å². The Morgan fingerprint density at radius 2 is 2.00 bits per heavy atom. The number of likely N-dealkylation sites (tertiary alicyclic amines) is 1. The predicted molar refractivity (Wildman–Crippen MR) is 68.3 cm³/mol. The highest BCUT2D eigenvalue weighted by Gasteiger charge is 2.20. The second kappa shape index (κ2) is 5.46. The van der Waals surface area contributed by atoms with Gasteiger partial charge in [0.05, 0.1) is 0 Å². The first-order chi connectivity index (χ1) is 7.79. The number of aryl methyl sites for hydroxylation is 1. The van der Waals surface area contributed by atoms with E-state index in [1.165, 1.54) is 36.9 Å². The number of nitrogens with zero attached hydrogens (tertiary/aromatic N) is 1. The van der Waals surface area contributed by atoms with Gasteiger partial charge >= 0.3 is 0 Å². The molecule has 1 aliphatic heterocycles. The zero-order valence-electron chi connectivity index (χ0n) is 10.2. The lowest BCUT2D eigenvalue weighted by Crippen LogP contribution is -2.43. The number of hydrogen-bond acceptors (Lipinski definition) is 2. The lowest BCUT2D eigenvalue weighted by molar-refractivity contribution is 0.145. The third-order valence-electron chi connectivity index (χ3n) is 3.53. The molecule has 1 heterocycles. The molecule has 88 valence electrons. The molecule has 2 rings (SSSR count). The van der Waals surface area contributed by atoms with E-state index in [1.54, 1.807) is 0 Å². The van der Waals surface area contributed by atoms with E-state index in [-0.39, 0.29) is 0 Å². The van der Waals surface area contributed by atoms with Crippen molar-refractivity contribution in [1.82, 2.24) is 4.90 Å². The molecule has 2 heteroatoms. The van der Waals surface area contributed by atoms with Gasteiger partial charge in [-0.05, 0) is 31.9 Å². The minimum Gasteiger partial charge on any atom is -0.329 e. The number of nitrogens with two attached hydrogens (primary N) is 1. The molecule has 1 aromatic carbocycles. The van der Waals surface area contributed by atoms with Crippen LogP contribution in [0.2, 0.25) is 0 Å². The highest BCUT2D eigenvalue weighted by atomic mass is 15.2. The van der Waals surface area contributed by atoms with Crippen molar-refractivity contribution in [2.24, 2.45) is 5.73 Å². The molecule has 0 bridgehead atoms. The average Bonchev–Trinajstić information content (AvgIpc) is 2.33. The summed E-state index contributed by atoms with van der Waals surface area (Å²) in [5.74, 6) is 0. The van der Waals surface area contributed by atoms with E-state index in [1.807, 2.05) is 0 Å². The summed E-state index contributed by atoms with van der Waals surface area (Å²) in [6.45, 7) is 5.19. The van der Waals surface area contributed by atoms with Crippen molar-refractivity contribution in [1.29, 1.82) is 0 Å². The Bertz CT molecular complexity index is 318. The maximum atomic E-state index is 5.83. The summed E-state index contributed by atoms with van der Waals surface area (Å²) < 4.78 is 0. The minimum atomic E-state index is 0.593. The van der Waals surface area contributed by atoms with Gasteiger partial charge in [0.1, 0.15) is 0 Å². The average molecular weight is 218 g/mol. The van der Waals surface area contributed by atoms with Gasteiger partial charge in [0.15, 0.2) is 0 Å². The van der Waals surface area contributed by atoms with Crippen LogP contribution in [0.1, 0.15) is 30.4 Å². The Balaban J connectivity index is 1.99. The Kier molecular flexibility index (Phi) is 3.97. The van der Waals surface area contributed by atoms with Crippen molar-refractivity contribution in [2.45, 2.75) is 38.8 Å². The molecule has 1 saturated heterocycles. The first kappa shape index (κ1) is 11.6. The van der Waals surface area contributed by atoms with Gasteiger partial charge in [0.25, 0.3) is 0 Å². The lowest BCUT2D eigenvalue weighted by Gasteiger charge is -2.35. The van der Waals surface area contributed by atoms with Gasteiger partial charge in [-0.3, -0.25) is 4.90 Å². The Hall–Kier alpha value is -0.860. The van der Waals surface area contributed by atoms with E-state index >= 15 is 0 Å². The fourth-order valence-electron chi connectivity index (χ4n) is 2.46. The van der Waals surface area contributed by atoms with Crippen LogP contribution in [0.4, 0.5) is 0 Å². The quantitative estimate of drug-likeness (QED) is 0.843. The standard InChI is InChI=1S/C14H22N2/c1-12-5-7-13(8-6-12)11-16-9-3-2-4-14(16)10-15/h5-8,14H,2-4,9-11,15H2,1H3/t14-/m0/s1. The van der Waals surface area contributed by atoms with E-state index in [0.29, 0.717) is 6.04 Å². The second-order valence-electron chi connectivity index (χ2n) is 4.84. The van der Waals surface area contributed by atoms with Gasteiger partial charge in [-0.25, -0.2) is 0 Å². The maximum absolute atomic E-state index is 5.83. The highest BCUT2D eigenvalue weighted by molar-refractivity contribution is 5.21. The number of hydrogen-bond donors (Lipinski definition) is 1. The molecule has 2 nitrogen and oxygen atoms in total. The van der Waals surface area contributed by atoms with Gasteiger partial charge < -0.3 is 5.73 Å². The van der Waals surface area contributed by atoms with Crippen molar-refractivity contribution in [3.63, 3.8) is 0 Å². The third kappa shape index (κ3) is 2.83. The molecule has 0 radical (unpaired) electrons. The van der Waals surface area contributed by atoms with E-state index in [4.69, 9.17) is 5.73 Å². The summed E-state index contributed by atoms with van der Waals surface area (Å²) in [4.78, 5) is 2.54. The van der Waals surface area contributed by atoms with Crippen LogP contribution < -0.4 is 5.73 Å². The Morgan fingerprint density at radius 3 is 2.69 bits per heavy atom. The molecule has 1 atom stereocenters. The second-order valence-corrected chi connectivity index (χ2v) is 4.84. The molecule has 2 N–H and O–H groups in total. The van der Waals surface area contributed by atoms with Gasteiger partial charge in [-0.2, -0.15) is 0 Å². The molecule has 1 aliphatic rings. The van der Waals surface area contributed by atoms with Gasteiger partial charge in [-0.15, -0.1) is 0 Å². The Labute approximate surface area is 98.4 Å². The van der Waals surface area contributed by atoms with Crippen molar-refractivity contribution in [3.05, 3.63) is 35.4 Å². The van der Waals surface area contributed by atoms with Crippen LogP contribution in [0.5, 0.6) is 0 Å². The van der Waals surface area contributed by atoms with Crippen molar-refractivity contribution in [3.8, 4) is 0 Å². The van der Waals surface area contributed by atoms with Gasteiger partial charge in [0.2, 0.25) is 0 Å². The first-order valence-electron chi connectivity index (χ1n) is 6.29. The molecular weight excluding hydrogens is 196 g/mol. The number of rotatable bonds is 3. The van der Waals surface area contributed by atoms with Crippen LogP contribution in [0.3, 0.4) is 0 Å². The van der Waals surface area contributed by atoms with E-state index in [2.05, 4.69) is 36.1 Å². The first-order valence-corrected chi connectivity index (χ1v) is 6.29. The van der Waals surface area contributed by atoms with E-state index in [9.17, 15) is 0 Å². The smallest absolute Gasteiger partial charge is 0.0237 e. The molecule has 0 aromatic heterocycles. The third-order valence-corrected chi connectivity index (χ3v) is 3.53. The Morgan fingerprint density at radius 1 is 1.25 bits per heavy atom. The van der Waals surface area contributed by atoms with Crippen LogP contribution >= 0.6 is 0 Å². The molecular formula is C14H22N2. The van der Waals surface area contributed by atoms with Crippen LogP contribution in [-0.2, 0) is 6.54 Å². The maximum Gasteiger partial charge on any atom is 0.0237 e. The SMILES string of the molecule is Cc1ccc(CN2CCCC[C@H]2CN)cc1. The summed E-state index contributed by atoms with van der Waals surface area (Å²) in [5, 5.41) is 0. The predicted octanol–water partition coefficient (Wildman–Crippen LogP) is 2.31. The molecule has 1 fully saturated rings. The normalized spacial score (nSPS) is 22.2. The molecule has 1 aromatic rings. The van der Waals surface area contributed by atoms with Crippen molar-refractivity contribution in [2.75, 3.05) is 13.1 Å². The molecule has 16 heavy (non-hydrogen) atoms. The summed E-state index contributed by atoms with van der Waals surface area (Å²) in [6, 6.07) is 9.44. The lowest BCUT2D eigenvalue weighted by atomic mass is 10.0. The van der Waals surface area contributed by atoms with Gasteiger partial charge in [-0.1, -0.05) is 36.2 Å². The molecule has 0 saturated carbocycles. The summed E-state index contributed by atoms with van der Waals surface area (Å²) in [7, 11) is 0. The fourth-order valence-corrected chi connectivity index (χ4v) is 2.46. The minimum absolute atomic E-state index is 0.593. The van der Waals surface area contributed by atoms with Crippen molar-refractivity contribution >= 4 is 0 Å². The molecule has 0 spiro atoms. The number of benzene rings is 1. The molecule has 0 unspecified atom stereocenters. The van der Waals surface area contributed by atoms with Crippen LogP contribution in [0.25, 0.3) is 0 Å². The molecule has 0 amide bonds. The van der Waals surface area contributed by atoms with E-state index < -0.39 is 0 Å². The summed E-state index contributed by atoms with van der Waals surface area (Å²) in [6.07, 6.45) is 3.93. The largest absolute Gasteiger partial charge is 0.329 e. The van der Waals surface area contributed by atoms with Crippen LogP contribution in [0.15, 0.2) is 24.3 Å². The summed E-state index contributed by atoms with van der Waals surface area (Å²) in [5.41, 5.74) is 8.57. The number of piperidine rings is 1. The molecule has 0 aliphatic carbocycles. The fraction of sp³-hybridized carbons (Fsp3) is 0.571. The van der Waals surface area contributed by atoms with Crippen molar-refractivity contribution < 1.29 is 0 Å². The zero-order valence-corrected chi connectivity index (χ0v) is 10.2. The van der Waals surface area contributed by atoms with Crippen LogP contribution in [0, 0.1) is 6.92 Å². The zero-order chi connectivity index (χ0) is 11.4. The topological polar surface area (TPSA) is 29.3 Å². The summed E-state index contributed by atoms with van der Waals surface area (Å²) >= 11 is 0. The van der Waals surface area contributed by atoms with Gasteiger partial charge in [0, 0.05) is 19.1 Å². The monoisotopic (exact) mass is 218 g/mol. The highest BCUT2D eigenvalue weighted by Crippen LogP contribution is 2.18.